The predicted octanol–water partition coefficient (Wildman–Crippen LogP) is 3.86. The van der Waals surface area contributed by atoms with E-state index in [4.69, 9.17) is 11.6 Å². The smallest absolute Gasteiger partial charge is 0.268 e. The molecule has 3 aromatic rings. The highest BCUT2D eigenvalue weighted by Gasteiger charge is 2.15. The molecule has 8 heteroatoms. The number of aryl methyl sites for hydroxylation is 1. The molecule has 0 saturated carbocycles. The molecule has 0 aliphatic rings. The number of aromatic nitrogens is 2. The summed E-state index contributed by atoms with van der Waals surface area (Å²) in [5.41, 5.74) is 0.574. The molecule has 0 atom stereocenters. The standard InChI is InChI=1S/C15H9ClIN3O3/c1-8-18-13-4-2-9(17)6-11(13)15(21)19(8)14-5-3-10(20(22)23)7-12(14)16/h2-7H,1H3. The highest BCUT2D eigenvalue weighted by Crippen LogP contribution is 2.26. The maximum absolute atomic E-state index is 12.8. The van der Waals surface area contributed by atoms with Crippen LogP contribution in [0, 0.1) is 20.6 Å². The summed E-state index contributed by atoms with van der Waals surface area (Å²) in [7, 11) is 0. The molecule has 0 spiro atoms. The van der Waals surface area contributed by atoms with Crippen molar-refractivity contribution in [3.8, 4) is 5.69 Å². The van der Waals surface area contributed by atoms with E-state index in [1.165, 1.54) is 22.8 Å². The SMILES string of the molecule is Cc1nc2ccc(I)cc2c(=O)n1-c1ccc([N+](=O)[O-])cc1Cl. The van der Waals surface area contributed by atoms with E-state index in [1.807, 2.05) is 6.07 Å². The van der Waals surface area contributed by atoms with Gasteiger partial charge in [-0.3, -0.25) is 19.5 Å². The van der Waals surface area contributed by atoms with Gasteiger partial charge >= 0.3 is 0 Å². The molecule has 0 saturated heterocycles. The summed E-state index contributed by atoms with van der Waals surface area (Å²) >= 11 is 8.26. The molecule has 3 rings (SSSR count). The van der Waals surface area contributed by atoms with Crippen molar-refractivity contribution in [1.29, 1.82) is 0 Å². The van der Waals surface area contributed by atoms with Gasteiger partial charge in [0, 0.05) is 15.7 Å². The van der Waals surface area contributed by atoms with Crippen molar-refractivity contribution < 1.29 is 4.92 Å². The van der Waals surface area contributed by atoms with Crippen LogP contribution in [-0.2, 0) is 0 Å². The minimum absolute atomic E-state index is 0.121. The Labute approximate surface area is 149 Å². The number of non-ortho nitro benzene ring substituents is 1. The minimum atomic E-state index is -0.535. The van der Waals surface area contributed by atoms with E-state index in [9.17, 15) is 14.9 Å². The van der Waals surface area contributed by atoms with Gasteiger partial charge in [-0.1, -0.05) is 11.6 Å². The topological polar surface area (TPSA) is 78.0 Å². The fraction of sp³-hybridized carbons (Fsp3) is 0.0667. The number of hydrogen-bond acceptors (Lipinski definition) is 4. The van der Waals surface area contributed by atoms with Gasteiger partial charge < -0.3 is 0 Å². The zero-order chi connectivity index (χ0) is 16.7. The number of nitrogens with zero attached hydrogens (tertiary/aromatic N) is 3. The van der Waals surface area contributed by atoms with E-state index >= 15 is 0 Å². The molecule has 0 radical (unpaired) electrons. The van der Waals surface area contributed by atoms with Gasteiger partial charge in [0.05, 0.1) is 26.5 Å². The van der Waals surface area contributed by atoms with Gasteiger partial charge in [0.25, 0.3) is 11.2 Å². The lowest BCUT2D eigenvalue weighted by molar-refractivity contribution is -0.384. The first kappa shape index (κ1) is 15.9. The molecular weight excluding hydrogens is 433 g/mol. The second-order valence-electron chi connectivity index (χ2n) is 4.85. The van der Waals surface area contributed by atoms with Crippen LogP contribution in [0.3, 0.4) is 0 Å². The van der Waals surface area contributed by atoms with Crippen LogP contribution in [-0.4, -0.2) is 14.5 Å². The highest BCUT2D eigenvalue weighted by atomic mass is 127. The number of fused-ring (bicyclic) bond motifs is 1. The van der Waals surface area contributed by atoms with Crippen molar-refractivity contribution in [3.05, 3.63) is 71.3 Å². The van der Waals surface area contributed by atoms with Crippen molar-refractivity contribution in [3.63, 3.8) is 0 Å². The van der Waals surface area contributed by atoms with E-state index in [1.54, 1.807) is 19.1 Å². The van der Waals surface area contributed by atoms with Crippen LogP contribution in [0.15, 0.2) is 41.2 Å². The largest absolute Gasteiger partial charge is 0.271 e. The van der Waals surface area contributed by atoms with Crippen LogP contribution < -0.4 is 5.56 Å². The third-order valence-corrected chi connectivity index (χ3v) is 4.35. The number of halogens is 2. The van der Waals surface area contributed by atoms with Gasteiger partial charge in [0.2, 0.25) is 0 Å². The molecule has 2 aromatic carbocycles. The highest BCUT2D eigenvalue weighted by molar-refractivity contribution is 14.1. The van der Waals surface area contributed by atoms with Crippen LogP contribution >= 0.6 is 34.2 Å². The van der Waals surface area contributed by atoms with Gasteiger partial charge in [-0.15, -0.1) is 0 Å². The second-order valence-corrected chi connectivity index (χ2v) is 6.51. The van der Waals surface area contributed by atoms with Crippen molar-refractivity contribution in [2.75, 3.05) is 0 Å². The van der Waals surface area contributed by atoms with Crippen LogP contribution in [0.5, 0.6) is 0 Å². The number of nitro benzene ring substituents is 1. The van der Waals surface area contributed by atoms with E-state index in [-0.39, 0.29) is 16.3 Å². The summed E-state index contributed by atoms with van der Waals surface area (Å²) in [5.74, 6) is 0.458. The summed E-state index contributed by atoms with van der Waals surface area (Å²) in [4.78, 5) is 27.5. The predicted molar refractivity (Wildman–Crippen MR) is 96.5 cm³/mol. The Morgan fingerprint density at radius 2 is 2.00 bits per heavy atom. The number of nitro groups is 1. The summed E-state index contributed by atoms with van der Waals surface area (Å²) in [5, 5.41) is 11.4. The molecule has 0 N–H and O–H groups in total. The first-order chi connectivity index (χ1) is 10.9. The lowest BCUT2D eigenvalue weighted by atomic mass is 10.2. The molecule has 1 aromatic heterocycles. The molecule has 0 fully saturated rings. The number of benzene rings is 2. The Hall–Kier alpha value is -2.00. The van der Waals surface area contributed by atoms with Crippen molar-refractivity contribution in [2.45, 2.75) is 6.92 Å². The Kier molecular flexibility index (Phi) is 4.07. The summed E-state index contributed by atoms with van der Waals surface area (Å²) in [6.45, 7) is 1.69. The average molecular weight is 442 g/mol. The van der Waals surface area contributed by atoms with Gasteiger partial charge in [-0.05, 0) is 53.8 Å². The van der Waals surface area contributed by atoms with Crippen molar-refractivity contribution >= 4 is 50.8 Å². The molecule has 0 amide bonds. The monoisotopic (exact) mass is 441 g/mol. The van der Waals surface area contributed by atoms with Crippen LogP contribution in [0.2, 0.25) is 5.02 Å². The second kappa shape index (κ2) is 5.89. The minimum Gasteiger partial charge on any atom is -0.268 e. The lowest BCUT2D eigenvalue weighted by Crippen LogP contribution is -2.22. The molecule has 0 bridgehead atoms. The average Bonchev–Trinajstić information content (AvgIpc) is 2.49. The third-order valence-electron chi connectivity index (χ3n) is 3.38. The van der Waals surface area contributed by atoms with Gasteiger partial charge in [-0.2, -0.15) is 0 Å². The van der Waals surface area contributed by atoms with Crippen molar-refractivity contribution in [2.24, 2.45) is 0 Å². The zero-order valence-corrected chi connectivity index (χ0v) is 14.7. The lowest BCUT2D eigenvalue weighted by Gasteiger charge is -2.12. The van der Waals surface area contributed by atoms with E-state index in [2.05, 4.69) is 27.6 Å². The molecule has 23 heavy (non-hydrogen) atoms. The van der Waals surface area contributed by atoms with E-state index < -0.39 is 4.92 Å². The Morgan fingerprint density at radius 1 is 1.26 bits per heavy atom. The van der Waals surface area contributed by atoms with Gasteiger partial charge in [0.15, 0.2) is 0 Å². The van der Waals surface area contributed by atoms with Crippen molar-refractivity contribution in [1.82, 2.24) is 9.55 Å². The fourth-order valence-corrected chi connectivity index (χ4v) is 3.09. The summed E-state index contributed by atoms with van der Waals surface area (Å²) in [6.07, 6.45) is 0. The van der Waals surface area contributed by atoms with E-state index in [0.717, 1.165) is 3.57 Å². The third kappa shape index (κ3) is 2.81. The summed E-state index contributed by atoms with van der Waals surface area (Å²) < 4.78 is 2.28. The molecule has 0 aliphatic carbocycles. The quantitative estimate of drug-likeness (QED) is 0.344. The fourth-order valence-electron chi connectivity index (χ4n) is 2.34. The molecule has 0 unspecified atom stereocenters. The van der Waals surface area contributed by atoms with Crippen LogP contribution in [0.25, 0.3) is 16.6 Å². The molecular formula is C15H9ClIN3O3. The molecule has 1 heterocycles. The Bertz CT molecular complexity index is 1020. The molecule has 0 aliphatic heterocycles. The summed E-state index contributed by atoms with van der Waals surface area (Å²) in [6, 6.07) is 9.40. The molecule has 116 valence electrons. The first-order valence-electron chi connectivity index (χ1n) is 6.51. The van der Waals surface area contributed by atoms with Gasteiger partial charge in [-0.25, -0.2) is 4.98 Å². The van der Waals surface area contributed by atoms with Gasteiger partial charge in [0.1, 0.15) is 5.82 Å². The number of hydrogen-bond donors (Lipinski definition) is 0. The van der Waals surface area contributed by atoms with E-state index in [0.29, 0.717) is 22.4 Å². The first-order valence-corrected chi connectivity index (χ1v) is 7.97. The number of rotatable bonds is 2. The van der Waals surface area contributed by atoms with Crippen LogP contribution in [0.1, 0.15) is 5.82 Å². The maximum Gasteiger partial charge on any atom is 0.271 e. The Balaban J connectivity index is 2.32. The zero-order valence-electron chi connectivity index (χ0n) is 11.8. The Morgan fingerprint density at radius 3 is 2.65 bits per heavy atom. The molecule has 6 nitrogen and oxygen atoms in total. The van der Waals surface area contributed by atoms with Crippen LogP contribution in [0.4, 0.5) is 5.69 Å². The maximum atomic E-state index is 12.8. The normalized spacial score (nSPS) is 10.9.